The average Bonchev–Trinajstić information content (AvgIpc) is 3.28. The molecule has 2 aromatic rings. The predicted molar refractivity (Wildman–Crippen MR) is 124 cm³/mol. The lowest BCUT2D eigenvalue weighted by molar-refractivity contribution is -0.0520. The van der Waals surface area contributed by atoms with Crippen molar-refractivity contribution in [2.24, 2.45) is 0 Å². The van der Waals surface area contributed by atoms with Gasteiger partial charge in [-0.1, -0.05) is 21.6 Å². The highest BCUT2D eigenvalue weighted by molar-refractivity contribution is 8.76. The molecule has 0 radical (unpaired) electrons. The second-order valence-corrected chi connectivity index (χ2v) is 13.9. The molecule has 1 saturated heterocycles. The number of H-pyrrole nitrogens is 1. The molecule has 16 nitrogen and oxygen atoms in total. The van der Waals surface area contributed by atoms with E-state index in [4.69, 9.17) is 23.8 Å². The summed E-state index contributed by atoms with van der Waals surface area (Å²) in [6, 6.07) is 1.56. The minimum Gasteiger partial charge on any atom is -0.364 e. The van der Waals surface area contributed by atoms with Crippen LogP contribution in [0.1, 0.15) is 18.5 Å². The van der Waals surface area contributed by atoms with Crippen molar-refractivity contribution in [1.29, 1.82) is 0 Å². The minimum atomic E-state index is -5.65. The van der Waals surface area contributed by atoms with Gasteiger partial charge in [0.15, 0.2) is 0 Å². The lowest BCUT2D eigenvalue weighted by Gasteiger charge is -2.21. The number of nitrogens with zero attached hydrogens (tertiary/aromatic N) is 2. The number of nitrogens with one attached hydrogen (secondary N) is 1. The molecule has 2 unspecified atom stereocenters. The van der Waals surface area contributed by atoms with Gasteiger partial charge < -0.3 is 38.6 Å². The largest absolute Gasteiger partial charge is 0.490 e. The van der Waals surface area contributed by atoms with Crippen molar-refractivity contribution in [2.75, 3.05) is 18.8 Å². The van der Waals surface area contributed by atoms with Crippen LogP contribution in [0.5, 0.6) is 0 Å². The van der Waals surface area contributed by atoms with Crippen LogP contribution >= 0.6 is 45.1 Å². The van der Waals surface area contributed by atoms with Crippen molar-refractivity contribution in [3.63, 3.8) is 0 Å². The number of hydrogen-bond acceptors (Lipinski definition) is 12. The van der Waals surface area contributed by atoms with Crippen LogP contribution in [-0.4, -0.2) is 65.1 Å². The van der Waals surface area contributed by atoms with E-state index in [1.54, 1.807) is 23.8 Å². The van der Waals surface area contributed by atoms with Gasteiger partial charge in [-0.2, -0.15) is 8.62 Å². The third kappa shape index (κ3) is 8.22. The zero-order valence-electron chi connectivity index (χ0n) is 18.0. The maximum absolute atomic E-state index is 12.2. The molecule has 0 spiro atoms. The number of phosphoric acid groups is 3. The Bertz CT molecular complexity index is 1250. The molecule has 1 fully saturated rings. The van der Waals surface area contributed by atoms with Gasteiger partial charge in [0.25, 0.3) is 5.56 Å². The molecule has 0 aromatic carbocycles. The van der Waals surface area contributed by atoms with E-state index in [1.165, 1.54) is 21.6 Å². The first-order chi connectivity index (χ1) is 16.2. The molecule has 0 bridgehead atoms. The van der Waals surface area contributed by atoms with Crippen LogP contribution in [0.3, 0.4) is 0 Å². The number of phosphoric ester groups is 1. The second kappa shape index (κ2) is 11.5. The van der Waals surface area contributed by atoms with E-state index >= 15 is 0 Å². The summed E-state index contributed by atoms with van der Waals surface area (Å²) in [4.78, 5) is 55.4. The first kappa shape index (κ1) is 29.0. The Hall–Kier alpha value is -0.550. The highest BCUT2D eigenvalue weighted by Gasteiger charge is 2.43. The first-order valence-corrected chi connectivity index (χ1v) is 16.7. The Balaban J connectivity index is 1.75. The zero-order valence-corrected chi connectivity index (χ0v) is 22.3. The number of aromatic amines is 1. The average molecular weight is 597 g/mol. The fourth-order valence-corrected chi connectivity index (χ4v) is 7.03. The van der Waals surface area contributed by atoms with Crippen LogP contribution in [0.2, 0.25) is 0 Å². The van der Waals surface area contributed by atoms with Gasteiger partial charge in [0.2, 0.25) is 0 Å². The number of ether oxygens (including phenoxy) is 2. The fourth-order valence-electron chi connectivity index (χ4n) is 3.22. The molecule has 3 rings (SSSR count). The molecule has 1 aliphatic rings. The van der Waals surface area contributed by atoms with Gasteiger partial charge in [0.1, 0.15) is 29.7 Å². The van der Waals surface area contributed by atoms with E-state index in [2.05, 4.69) is 18.6 Å². The van der Waals surface area contributed by atoms with E-state index in [-0.39, 0.29) is 17.9 Å². The molecule has 5 atom stereocenters. The van der Waals surface area contributed by atoms with E-state index in [1.807, 2.05) is 6.26 Å². The molecule has 0 amide bonds. The summed E-state index contributed by atoms with van der Waals surface area (Å²) in [5.41, 5.74) is 0.0136. The lowest BCUT2D eigenvalue weighted by atomic mass is 10.2. The number of rotatable bonds is 12. The minimum absolute atomic E-state index is 0.233. The molecule has 5 N–H and O–H groups in total. The van der Waals surface area contributed by atoms with Gasteiger partial charge in [0, 0.05) is 12.6 Å². The first-order valence-electron chi connectivity index (χ1n) is 9.48. The molecule has 0 saturated carbocycles. The SMILES string of the molecule is CSSCO[C@H]1C[C@H](n2ccc3c(=O)[nH]c(C)nc32)O[C@@H]1COP(=O)(O)OP(=O)(O)OP(=O)(O)O. The van der Waals surface area contributed by atoms with E-state index < -0.39 is 48.5 Å². The molecule has 3 heterocycles. The van der Waals surface area contributed by atoms with Gasteiger partial charge in [-0.3, -0.25) is 9.32 Å². The molecular weight excluding hydrogens is 575 g/mol. The predicted octanol–water partition coefficient (Wildman–Crippen LogP) is 2.02. The summed E-state index contributed by atoms with van der Waals surface area (Å²) in [6.07, 6.45) is 1.30. The van der Waals surface area contributed by atoms with Crippen molar-refractivity contribution in [2.45, 2.75) is 31.8 Å². The molecule has 21 heteroatoms. The standard InChI is InChI=1S/C14H22N3O13P3S2/c1-8-15-13-9(14(18)16-8)3-4-17(13)12-5-10(26-7-35-34-2)11(28-12)6-27-32(22,23)30-33(24,25)29-31(19,20)21/h3-4,10-12H,5-7H2,1-2H3,(H,22,23)(H,24,25)(H,15,16,18)(H2,19,20,21)/t10-,11+,12+/m0/s1. The third-order valence-corrected chi connectivity index (χ3v) is 9.72. The van der Waals surface area contributed by atoms with Crippen molar-refractivity contribution >= 4 is 56.1 Å². The van der Waals surface area contributed by atoms with Crippen LogP contribution in [0, 0.1) is 6.92 Å². The van der Waals surface area contributed by atoms with Crippen molar-refractivity contribution < 1.29 is 55.9 Å². The number of fused-ring (bicyclic) bond motifs is 1. The summed E-state index contributed by atoms with van der Waals surface area (Å²) in [5, 5.41) is 0.325. The van der Waals surface area contributed by atoms with Crippen LogP contribution in [0.15, 0.2) is 17.1 Å². The zero-order chi connectivity index (χ0) is 26.0. The highest BCUT2D eigenvalue weighted by atomic mass is 33.1. The van der Waals surface area contributed by atoms with E-state index in [9.17, 15) is 28.3 Å². The van der Waals surface area contributed by atoms with Gasteiger partial charge >= 0.3 is 23.5 Å². The summed E-state index contributed by atoms with van der Waals surface area (Å²) >= 11 is 0. The summed E-state index contributed by atoms with van der Waals surface area (Å²) in [7, 11) is -13.7. The fraction of sp³-hybridized carbons (Fsp3) is 0.571. The number of aromatic nitrogens is 3. The quantitative estimate of drug-likeness (QED) is 0.102. The molecular formula is C14H22N3O13P3S2. The Morgan fingerprint density at radius 1 is 1.23 bits per heavy atom. The Morgan fingerprint density at radius 2 is 1.94 bits per heavy atom. The van der Waals surface area contributed by atoms with Gasteiger partial charge in [-0.25, -0.2) is 18.7 Å². The molecule has 198 valence electrons. The Kier molecular flexibility index (Phi) is 9.50. The van der Waals surface area contributed by atoms with E-state index in [0.29, 0.717) is 16.9 Å². The van der Waals surface area contributed by atoms with Gasteiger partial charge in [0.05, 0.1) is 18.1 Å². The van der Waals surface area contributed by atoms with Crippen molar-refractivity contribution in [1.82, 2.24) is 14.5 Å². The summed E-state index contributed by atoms with van der Waals surface area (Å²) < 4.78 is 59.8. The second-order valence-electron chi connectivity index (χ2n) is 6.97. The van der Waals surface area contributed by atoms with Crippen molar-refractivity contribution in [3.8, 4) is 0 Å². The maximum atomic E-state index is 12.2. The topological polar surface area (TPSA) is 229 Å². The number of aryl methyl sites for hydroxylation is 1. The monoisotopic (exact) mass is 597 g/mol. The summed E-state index contributed by atoms with van der Waals surface area (Å²) in [5.74, 6) is 0.616. The maximum Gasteiger partial charge on any atom is 0.490 e. The van der Waals surface area contributed by atoms with Crippen LogP contribution < -0.4 is 5.56 Å². The van der Waals surface area contributed by atoms with Crippen LogP contribution in [-0.2, 0) is 36.3 Å². The molecule has 0 aliphatic carbocycles. The van der Waals surface area contributed by atoms with Gasteiger partial charge in [-0.15, -0.1) is 0 Å². The summed E-state index contributed by atoms with van der Waals surface area (Å²) in [6.45, 7) is 0.950. The van der Waals surface area contributed by atoms with Crippen LogP contribution in [0.4, 0.5) is 0 Å². The Labute approximate surface area is 205 Å². The van der Waals surface area contributed by atoms with Gasteiger partial charge in [-0.05, 0) is 19.2 Å². The molecule has 1 aliphatic heterocycles. The van der Waals surface area contributed by atoms with Crippen LogP contribution in [0.25, 0.3) is 11.0 Å². The highest BCUT2D eigenvalue weighted by Crippen LogP contribution is 2.66. The third-order valence-electron chi connectivity index (χ3n) is 4.46. The number of hydrogen-bond donors (Lipinski definition) is 5. The normalized spacial score (nSPS) is 24.5. The lowest BCUT2D eigenvalue weighted by Crippen LogP contribution is -2.28. The Morgan fingerprint density at radius 3 is 2.60 bits per heavy atom. The smallest absolute Gasteiger partial charge is 0.364 e. The molecule has 35 heavy (non-hydrogen) atoms. The van der Waals surface area contributed by atoms with Crippen molar-refractivity contribution in [3.05, 3.63) is 28.4 Å². The van der Waals surface area contributed by atoms with E-state index in [0.717, 1.165) is 0 Å². The molecule has 2 aromatic heterocycles.